The second-order valence-corrected chi connectivity index (χ2v) is 6.33. The first-order valence-electron chi connectivity index (χ1n) is 9.11. The van der Waals surface area contributed by atoms with Crippen LogP contribution in [-0.2, 0) is 0 Å². The van der Waals surface area contributed by atoms with Gasteiger partial charge in [0, 0.05) is 0 Å². The Morgan fingerprint density at radius 1 is 0.429 bits per heavy atom. The monoisotopic (exact) mass is 368 g/mol. The predicted octanol–water partition coefficient (Wildman–Crippen LogP) is 7.37. The molecule has 0 saturated carbocycles. The van der Waals surface area contributed by atoms with Crippen LogP contribution in [0, 0.1) is 6.92 Å². The third kappa shape index (κ3) is 4.51. The highest BCUT2D eigenvalue weighted by molar-refractivity contribution is 5.44. The molecule has 0 aliphatic carbocycles. The van der Waals surface area contributed by atoms with Crippen LogP contribution in [-0.4, -0.2) is 0 Å². The molecule has 0 bridgehead atoms. The largest absolute Gasteiger partial charge is 0.457 e. The summed E-state index contributed by atoms with van der Waals surface area (Å²) in [4.78, 5) is 0. The number of hydrogen-bond acceptors (Lipinski definition) is 3. The topological polar surface area (TPSA) is 27.7 Å². The zero-order valence-electron chi connectivity index (χ0n) is 15.5. The quantitative estimate of drug-likeness (QED) is 0.355. The summed E-state index contributed by atoms with van der Waals surface area (Å²) in [6.07, 6.45) is 0. The molecule has 0 aliphatic rings. The van der Waals surface area contributed by atoms with Crippen LogP contribution in [0.25, 0.3) is 0 Å². The Morgan fingerprint density at radius 3 is 1.39 bits per heavy atom. The first-order valence-corrected chi connectivity index (χ1v) is 9.11. The lowest BCUT2D eigenvalue weighted by Crippen LogP contribution is -1.90. The van der Waals surface area contributed by atoms with Gasteiger partial charge in [0.05, 0.1) is 0 Å². The lowest BCUT2D eigenvalue weighted by atomic mass is 10.2. The maximum absolute atomic E-state index is 6.01. The minimum absolute atomic E-state index is 0.750. The van der Waals surface area contributed by atoms with Crippen LogP contribution in [0.3, 0.4) is 0 Å². The van der Waals surface area contributed by atoms with Gasteiger partial charge in [0.1, 0.15) is 34.5 Å². The molecule has 0 amide bonds. The Labute approximate surface area is 164 Å². The molecular formula is C25H20O3. The summed E-state index contributed by atoms with van der Waals surface area (Å²) in [5, 5.41) is 0. The van der Waals surface area contributed by atoms with Crippen molar-refractivity contribution in [2.24, 2.45) is 0 Å². The molecule has 0 saturated heterocycles. The van der Waals surface area contributed by atoms with Crippen molar-refractivity contribution < 1.29 is 14.2 Å². The molecule has 4 rings (SSSR count). The van der Waals surface area contributed by atoms with Crippen molar-refractivity contribution >= 4 is 0 Å². The summed E-state index contributed by atoms with van der Waals surface area (Å²) in [5.74, 6) is 4.70. The van der Waals surface area contributed by atoms with E-state index in [-0.39, 0.29) is 0 Å². The Hall–Kier alpha value is -3.72. The SMILES string of the molecule is Cc1cc(Oc2ccccc2)ccc1Oc1ccc(Oc2ccccc2)cc1. The maximum atomic E-state index is 6.01. The van der Waals surface area contributed by atoms with Crippen molar-refractivity contribution in [3.05, 3.63) is 109 Å². The van der Waals surface area contributed by atoms with Gasteiger partial charge in [0.2, 0.25) is 0 Å². The Bertz CT molecular complexity index is 1030. The molecule has 28 heavy (non-hydrogen) atoms. The van der Waals surface area contributed by atoms with Crippen LogP contribution in [0.2, 0.25) is 0 Å². The fraction of sp³-hybridized carbons (Fsp3) is 0.0400. The molecule has 0 atom stereocenters. The Morgan fingerprint density at radius 2 is 0.857 bits per heavy atom. The van der Waals surface area contributed by atoms with Gasteiger partial charge >= 0.3 is 0 Å². The Kier molecular flexibility index (Phi) is 5.25. The van der Waals surface area contributed by atoms with Crippen molar-refractivity contribution in [1.29, 1.82) is 0 Å². The molecular weight excluding hydrogens is 348 g/mol. The fourth-order valence-electron chi connectivity index (χ4n) is 2.75. The summed E-state index contributed by atoms with van der Waals surface area (Å²) in [7, 11) is 0. The molecule has 0 aliphatic heterocycles. The second-order valence-electron chi connectivity index (χ2n) is 6.33. The minimum atomic E-state index is 0.750. The molecule has 0 N–H and O–H groups in total. The molecule has 138 valence electrons. The number of rotatable bonds is 6. The number of hydrogen-bond donors (Lipinski definition) is 0. The van der Waals surface area contributed by atoms with Crippen LogP contribution >= 0.6 is 0 Å². The first kappa shape index (κ1) is 17.7. The molecule has 4 aromatic rings. The van der Waals surface area contributed by atoms with Crippen LogP contribution in [0.15, 0.2) is 103 Å². The van der Waals surface area contributed by atoms with E-state index in [0.29, 0.717) is 0 Å². The van der Waals surface area contributed by atoms with Crippen LogP contribution in [0.4, 0.5) is 0 Å². The normalized spacial score (nSPS) is 10.3. The third-order valence-corrected chi connectivity index (χ3v) is 4.16. The average Bonchev–Trinajstić information content (AvgIpc) is 2.73. The zero-order chi connectivity index (χ0) is 19.2. The fourth-order valence-corrected chi connectivity index (χ4v) is 2.75. The van der Waals surface area contributed by atoms with Gasteiger partial charge in [-0.2, -0.15) is 0 Å². The number of ether oxygens (including phenoxy) is 3. The van der Waals surface area contributed by atoms with Crippen molar-refractivity contribution in [3.8, 4) is 34.5 Å². The molecule has 3 nitrogen and oxygen atoms in total. The zero-order valence-corrected chi connectivity index (χ0v) is 15.5. The van der Waals surface area contributed by atoms with E-state index in [9.17, 15) is 0 Å². The maximum Gasteiger partial charge on any atom is 0.130 e. The molecule has 0 unspecified atom stereocenters. The van der Waals surface area contributed by atoms with Gasteiger partial charge in [-0.15, -0.1) is 0 Å². The number of para-hydroxylation sites is 2. The van der Waals surface area contributed by atoms with E-state index in [4.69, 9.17) is 14.2 Å². The standard InChI is InChI=1S/C25H20O3/c1-19-18-24(27-21-10-6-3-7-11-21)16-17-25(19)28-23-14-12-22(13-15-23)26-20-8-4-2-5-9-20/h2-18H,1H3. The van der Waals surface area contributed by atoms with Gasteiger partial charge in [0.25, 0.3) is 0 Å². The van der Waals surface area contributed by atoms with Crippen LogP contribution in [0.5, 0.6) is 34.5 Å². The summed E-state index contributed by atoms with van der Waals surface area (Å²) >= 11 is 0. The highest BCUT2D eigenvalue weighted by Gasteiger charge is 2.05. The van der Waals surface area contributed by atoms with Gasteiger partial charge in [-0.25, -0.2) is 0 Å². The van der Waals surface area contributed by atoms with Crippen molar-refractivity contribution in [3.63, 3.8) is 0 Å². The minimum Gasteiger partial charge on any atom is -0.457 e. The molecule has 0 spiro atoms. The van der Waals surface area contributed by atoms with Gasteiger partial charge in [-0.05, 0) is 79.2 Å². The summed E-state index contributed by atoms with van der Waals surface area (Å²) < 4.78 is 17.7. The molecule has 0 radical (unpaired) electrons. The van der Waals surface area contributed by atoms with Gasteiger partial charge in [-0.1, -0.05) is 36.4 Å². The molecule has 3 heteroatoms. The van der Waals surface area contributed by atoms with Gasteiger partial charge in [-0.3, -0.25) is 0 Å². The van der Waals surface area contributed by atoms with E-state index in [1.54, 1.807) is 0 Å². The lowest BCUT2D eigenvalue weighted by molar-refractivity contribution is 0.461. The van der Waals surface area contributed by atoms with Crippen LogP contribution < -0.4 is 14.2 Å². The molecule has 4 aromatic carbocycles. The molecule has 0 aromatic heterocycles. The van der Waals surface area contributed by atoms with Gasteiger partial charge in [0.15, 0.2) is 0 Å². The van der Waals surface area contributed by atoms with E-state index < -0.39 is 0 Å². The van der Waals surface area contributed by atoms with E-state index >= 15 is 0 Å². The van der Waals surface area contributed by atoms with E-state index in [0.717, 1.165) is 40.1 Å². The number of benzene rings is 4. The molecule has 0 heterocycles. The lowest BCUT2D eigenvalue weighted by Gasteiger charge is -2.12. The predicted molar refractivity (Wildman–Crippen MR) is 111 cm³/mol. The highest BCUT2D eigenvalue weighted by atomic mass is 16.5. The highest BCUT2D eigenvalue weighted by Crippen LogP contribution is 2.31. The average molecular weight is 368 g/mol. The van der Waals surface area contributed by atoms with Crippen LogP contribution in [0.1, 0.15) is 5.56 Å². The van der Waals surface area contributed by atoms with E-state index in [1.807, 2.05) is 110 Å². The number of aryl methyl sites for hydroxylation is 1. The second kappa shape index (κ2) is 8.31. The van der Waals surface area contributed by atoms with E-state index in [2.05, 4.69) is 0 Å². The van der Waals surface area contributed by atoms with Crippen molar-refractivity contribution in [2.75, 3.05) is 0 Å². The van der Waals surface area contributed by atoms with Crippen molar-refractivity contribution in [1.82, 2.24) is 0 Å². The van der Waals surface area contributed by atoms with E-state index in [1.165, 1.54) is 0 Å². The third-order valence-electron chi connectivity index (χ3n) is 4.16. The smallest absolute Gasteiger partial charge is 0.130 e. The molecule has 0 fully saturated rings. The summed E-state index contributed by atoms with van der Waals surface area (Å²) in [6.45, 7) is 2.00. The Balaban J connectivity index is 1.42. The summed E-state index contributed by atoms with van der Waals surface area (Å²) in [6, 6.07) is 32.8. The first-order chi connectivity index (χ1) is 13.8. The van der Waals surface area contributed by atoms with Crippen molar-refractivity contribution in [2.45, 2.75) is 6.92 Å². The summed E-state index contributed by atoms with van der Waals surface area (Å²) in [5.41, 5.74) is 0.998. The van der Waals surface area contributed by atoms with Gasteiger partial charge < -0.3 is 14.2 Å².